The number of rotatable bonds is 2. The Hall–Kier alpha value is -2.83. The van der Waals surface area contributed by atoms with Crippen LogP contribution in [0, 0.1) is 0 Å². The molecule has 5 rings (SSSR count). The highest BCUT2D eigenvalue weighted by molar-refractivity contribution is 7.99. The summed E-state index contributed by atoms with van der Waals surface area (Å²) >= 11 is 1.56. The normalized spacial score (nSPS) is 16.1. The van der Waals surface area contributed by atoms with Gasteiger partial charge < -0.3 is 14.1 Å². The molecule has 3 heterocycles. The number of morpholine rings is 1. The number of fused-ring (bicyclic) bond motifs is 2. The zero-order chi connectivity index (χ0) is 19.8. The van der Waals surface area contributed by atoms with E-state index in [0.717, 1.165) is 20.9 Å². The molecule has 5 nitrogen and oxygen atoms in total. The number of ketones is 1. The highest BCUT2D eigenvalue weighted by atomic mass is 32.2. The monoisotopic (exact) mass is 405 g/mol. The van der Waals surface area contributed by atoms with Crippen molar-refractivity contribution < 1.29 is 13.9 Å². The van der Waals surface area contributed by atoms with Crippen molar-refractivity contribution >= 4 is 23.4 Å². The van der Waals surface area contributed by atoms with Crippen LogP contribution in [0.3, 0.4) is 0 Å². The van der Waals surface area contributed by atoms with Gasteiger partial charge in [0, 0.05) is 52.6 Å². The van der Waals surface area contributed by atoms with Crippen LogP contribution in [-0.4, -0.2) is 32.1 Å². The SMILES string of the molecule is O=C1Cc2ccccc2Sc2c1cccc2-c1cc(=O)cc(N2CCOCC2)o1. The van der Waals surface area contributed by atoms with Gasteiger partial charge in [-0.3, -0.25) is 9.59 Å². The molecule has 2 aromatic carbocycles. The number of nitrogens with zero attached hydrogens (tertiary/aromatic N) is 1. The third kappa shape index (κ3) is 3.50. The van der Waals surface area contributed by atoms with Crippen molar-refractivity contribution in [1.82, 2.24) is 0 Å². The number of carbonyl (C=O) groups is 1. The molecule has 6 heteroatoms. The van der Waals surface area contributed by atoms with Crippen LogP contribution in [0.4, 0.5) is 5.88 Å². The van der Waals surface area contributed by atoms with Crippen molar-refractivity contribution in [2.24, 2.45) is 0 Å². The minimum absolute atomic E-state index is 0.0750. The molecule has 2 aliphatic heterocycles. The summed E-state index contributed by atoms with van der Waals surface area (Å²) in [6.07, 6.45) is 0.372. The fraction of sp³-hybridized carbons (Fsp3) is 0.217. The summed E-state index contributed by atoms with van der Waals surface area (Å²) in [5.74, 6) is 1.10. The average molecular weight is 405 g/mol. The minimum atomic E-state index is -0.115. The van der Waals surface area contributed by atoms with Crippen molar-refractivity contribution in [1.29, 1.82) is 0 Å². The van der Waals surface area contributed by atoms with Gasteiger partial charge in [-0.15, -0.1) is 0 Å². The first kappa shape index (κ1) is 18.2. The molecule has 1 saturated heterocycles. The van der Waals surface area contributed by atoms with Crippen LogP contribution in [0.25, 0.3) is 11.3 Å². The standard InChI is InChI=1S/C23H19NO4S/c25-16-13-20(28-22(14-16)24-8-10-27-11-9-24)18-6-3-5-17-19(26)12-15-4-1-2-7-21(15)29-23(17)18/h1-7,13-14H,8-12H2. The van der Waals surface area contributed by atoms with Crippen LogP contribution in [0.2, 0.25) is 0 Å². The number of carbonyl (C=O) groups excluding carboxylic acids is 1. The van der Waals surface area contributed by atoms with Gasteiger partial charge in [0.05, 0.1) is 13.2 Å². The first-order valence-electron chi connectivity index (χ1n) is 9.59. The lowest BCUT2D eigenvalue weighted by atomic mass is 10.0. The number of hydrogen-bond donors (Lipinski definition) is 0. The summed E-state index contributed by atoms with van der Waals surface area (Å²) in [4.78, 5) is 29.2. The van der Waals surface area contributed by atoms with Gasteiger partial charge in [-0.1, -0.05) is 48.2 Å². The first-order valence-corrected chi connectivity index (χ1v) is 10.4. The van der Waals surface area contributed by atoms with Gasteiger partial charge in [0.25, 0.3) is 0 Å². The Kier molecular flexibility index (Phi) is 4.73. The molecule has 0 bridgehead atoms. The molecular formula is C23H19NO4S. The zero-order valence-corrected chi connectivity index (χ0v) is 16.5. The Morgan fingerprint density at radius 2 is 1.69 bits per heavy atom. The third-order valence-corrected chi connectivity index (χ3v) is 6.46. The molecule has 0 N–H and O–H groups in total. The van der Waals surface area contributed by atoms with Crippen LogP contribution in [0.15, 0.2) is 73.6 Å². The number of benzene rings is 2. The Morgan fingerprint density at radius 3 is 2.55 bits per heavy atom. The number of anilines is 1. The van der Waals surface area contributed by atoms with Crippen molar-refractivity contribution in [2.45, 2.75) is 16.2 Å². The third-order valence-electron chi connectivity index (χ3n) is 5.19. The largest absolute Gasteiger partial charge is 0.440 e. The highest BCUT2D eigenvalue weighted by Gasteiger charge is 2.24. The maximum Gasteiger partial charge on any atom is 0.200 e. The van der Waals surface area contributed by atoms with E-state index in [-0.39, 0.29) is 11.2 Å². The van der Waals surface area contributed by atoms with Crippen molar-refractivity contribution in [3.63, 3.8) is 0 Å². The summed E-state index contributed by atoms with van der Waals surface area (Å²) in [5.41, 5.74) is 2.34. The van der Waals surface area contributed by atoms with Gasteiger partial charge in [-0.2, -0.15) is 0 Å². The zero-order valence-electron chi connectivity index (χ0n) is 15.7. The van der Waals surface area contributed by atoms with E-state index in [1.54, 1.807) is 11.8 Å². The van der Waals surface area contributed by atoms with E-state index in [4.69, 9.17) is 9.15 Å². The fourth-order valence-electron chi connectivity index (χ4n) is 3.72. The Morgan fingerprint density at radius 1 is 0.897 bits per heavy atom. The molecule has 0 unspecified atom stereocenters. The Balaban J connectivity index is 1.64. The molecule has 0 atom stereocenters. The van der Waals surface area contributed by atoms with Crippen LogP contribution in [0.1, 0.15) is 15.9 Å². The lowest BCUT2D eigenvalue weighted by molar-refractivity contribution is 0.0990. The molecule has 146 valence electrons. The second-order valence-electron chi connectivity index (χ2n) is 7.09. The second kappa shape index (κ2) is 7.54. The molecule has 29 heavy (non-hydrogen) atoms. The number of ether oxygens (including phenoxy) is 1. The molecule has 0 aliphatic carbocycles. The topological polar surface area (TPSA) is 59.8 Å². The molecular weight excluding hydrogens is 386 g/mol. The lowest BCUT2D eigenvalue weighted by Gasteiger charge is -2.27. The van der Waals surface area contributed by atoms with Gasteiger partial charge >= 0.3 is 0 Å². The predicted octanol–water partition coefficient (Wildman–Crippen LogP) is 4.03. The average Bonchev–Trinajstić information content (AvgIpc) is 2.89. The van der Waals surface area contributed by atoms with E-state index >= 15 is 0 Å². The van der Waals surface area contributed by atoms with Crippen molar-refractivity contribution in [2.75, 3.05) is 31.2 Å². The first-order chi connectivity index (χ1) is 14.2. The van der Waals surface area contributed by atoms with Gasteiger partial charge in [0.15, 0.2) is 17.1 Å². The molecule has 1 fully saturated rings. The number of hydrogen-bond acceptors (Lipinski definition) is 6. The predicted molar refractivity (Wildman–Crippen MR) is 112 cm³/mol. The Bertz CT molecular complexity index is 1150. The minimum Gasteiger partial charge on any atom is -0.440 e. The molecule has 0 amide bonds. The summed E-state index contributed by atoms with van der Waals surface area (Å²) in [6.45, 7) is 2.57. The quantitative estimate of drug-likeness (QED) is 0.642. The van der Waals surface area contributed by atoms with Crippen LogP contribution in [-0.2, 0) is 11.2 Å². The maximum atomic E-state index is 12.9. The Labute approximate surface area is 172 Å². The van der Waals surface area contributed by atoms with Gasteiger partial charge in [0.2, 0.25) is 0 Å². The van der Waals surface area contributed by atoms with Crippen molar-refractivity contribution in [3.8, 4) is 11.3 Å². The van der Waals surface area contributed by atoms with Crippen molar-refractivity contribution in [3.05, 3.63) is 75.9 Å². The van der Waals surface area contributed by atoms with E-state index in [9.17, 15) is 9.59 Å². The summed E-state index contributed by atoms with van der Waals surface area (Å²) in [7, 11) is 0. The van der Waals surface area contributed by atoms with E-state index in [0.29, 0.717) is 49.9 Å². The van der Waals surface area contributed by atoms with E-state index in [1.807, 2.05) is 47.4 Å². The van der Waals surface area contributed by atoms with E-state index in [1.165, 1.54) is 12.1 Å². The molecule has 2 aliphatic rings. The maximum absolute atomic E-state index is 12.9. The van der Waals surface area contributed by atoms with Crippen LogP contribution >= 0.6 is 11.8 Å². The smallest absolute Gasteiger partial charge is 0.200 e. The van der Waals surface area contributed by atoms with Gasteiger partial charge in [-0.05, 0) is 11.6 Å². The fourth-order valence-corrected chi connectivity index (χ4v) is 4.93. The van der Waals surface area contributed by atoms with E-state index < -0.39 is 0 Å². The van der Waals surface area contributed by atoms with Crippen LogP contribution < -0.4 is 10.3 Å². The highest BCUT2D eigenvalue weighted by Crippen LogP contribution is 2.42. The van der Waals surface area contributed by atoms with E-state index in [2.05, 4.69) is 0 Å². The summed E-state index contributed by atoms with van der Waals surface area (Å²) < 4.78 is 11.6. The summed E-state index contributed by atoms with van der Waals surface area (Å²) in [5, 5.41) is 0. The molecule has 0 saturated carbocycles. The lowest BCUT2D eigenvalue weighted by Crippen LogP contribution is -2.36. The van der Waals surface area contributed by atoms with Crippen LogP contribution in [0.5, 0.6) is 0 Å². The molecule has 3 aromatic rings. The van der Waals surface area contributed by atoms with Gasteiger partial charge in [-0.25, -0.2) is 0 Å². The second-order valence-corrected chi connectivity index (χ2v) is 8.14. The number of Topliss-reactive ketones (excluding diaryl/α,β-unsaturated/α-hetero) is 1. The molecule has 0 spiro atoms. The van der Waals surface area contributed by atoms with Gasteiger partial charge in [0.1, 0.15) is 5.76 Å². The summed E-state index contributed by atoms with van der Waals surface area (Å²) in [6, 6.07) is 16.6. The molecule has 0 radical (unpaired) electrons. The molecule has 1 aromatic heterocycles.